The average molecular weight is 283 g/mol. The van der Waals surface area contributed by atoms with Crippen molar-refractivity contribution in [1.29, 1.82) is 0 Å². The van der Waals surface area contributed by atoms with Crippen molar-refractivity contribution in [2.24, 2.45) is 0 Å². The molecule has 0 atom stereocenters. The summed E-state index contributed by atoms with van der Waals surface area (Å²) >= 11 is 3.57. The van der Waals surface area contributed by atoms with Crippen LogP contribution in [0.1, 0.15) is 38.2 Å². The third-order valence-corrected chi connectivity index (χ3v) is 4.40. The average Bonchev–Trinajstić information content (AvgIpc) is 2.19. The van der Waals surface area contributed by atoms with E-state index in [1.54, 1.807) is 0 Å². The quantitative estimate of drug-likeness (QED) is 0.820. The molecule has 0 saturated heterocycles. The molecule has 1 aliphatic carbocycles. The van der Waals surface area contributed by atoms with Gasteiger partial charge >= 0.3 is 0 Å². The van der Waals surface area contributed by atoms with Gasteiger partial charge in [0.1, 0.15) is 0 Å². The van der Waals surface area contributed by atoms with Gasteiger partial charge in [0.2, 0.25) is 0 Å². The minimum atomic E-state index is 0.324. The molecule has 0 spiro atoms. The molecule has 1 aromatic carbocycles. The van der Waals surface area contributed by atoms with Crippen molar-refractivity contribution in [3.05, 3.63) is 22.2 Å². The van der Waals surface area contributed by atoms with E-state index in [-0.39, 0.29) is 0 Å². The van der Waals surface area contributed by atoms with Crippen molar-refractivity contribution >= 4 is 27.3 Å². The number of nitrogen functional groups attached to an aromatic ring is 1. The van der Waals surface area contributed by atoms with Crippen molar-refractivity contribution < 1.29 is 0 Å². The first kappa shape index (κ1) is 11.8. The maximum atomic E-state index is 5.87. The smallest absolute Gasteiger partial charge is 0.0493 e. The van der Waals surface area contributed by atoms with E-state index in [0.29, 0.717) is 5.54 Å². The van der Waals surface area contributed by atoms with Gasteiger partial charge in [0.15, 0.2) is 0 Å². The molecule has 0 bridgehead atoms. The molecule has 0 heterocycles. The van der Waals surface area contributed by atoms with Gasteiger partial charge in [-0.1, -0.05) is 6.92 Å². The van der Waals surface area contributed by atoms with Gasteiger partial charge < -0.3 is 11.1 Å². The lowest BCUT2D eigenvalue weighted by Gasteiger charge is -2.43. The van der Waals surface area contributed by atoms with Gasteiger partial charge in [0.25, 0.3) is 0 Å². The normalized spacial score (nSPS) is 17.9. The Labute approximate surface area is 106 Å². The molecule has 1 fully saturated rings. The fourth-order valence-corrected chi connectivity index (χ4v) is 2.71. The van der Waals surface area contributed by atoms with Crippen LogP contribution in [0.3, 0.4) is 0 Å². The first-order valence-electron chi connectivity index (χ1n) is 5.90. The van der Waals surface area contributed by atoms with E-state index in [4.69, 9.17) is 5.73 Å². The van der Waals surface area contributed by atoms with Crippen LogP contribution in [0.25, 0.3) is 0 Å². The van der Waals surface area contributed by atoms with E-state index < -0.39 is 0 Å². The summed E-state index contributed by atoms with van der Waals surface area (Å²) in [6.45, 7) is 4.30. The Balaban J connectivity index is 2.24. The minimum absolute atomic E-state index is 0.324. The fraction of sp³-hybridized carbons (Fsp3) is 0.538. The summed E-state index contributed by atoms with van der Waals surface area (Å²) in [4.78, 5) is 0. The molecule has 1 aliphatic rings. The number of anilines is 2. The molecule has 3 N–H and O–H groups in total. The number of nitrogens with two attached hydrogens (primary N) is 1. The topological polar surface area (TPSA) is 38.0 Å². The zero-order chi connectivity index (χ0) is 11.8. The molecule has 2 nitrogen and oxygen atoms in total. The summed E-state index contributed by atoms with van der Waals surface area (Å²) in [7, 11) is 0. The zero-order valence-corrected chi connectivity index (χ0v) is 11.5. The summed E-state index contributed by atoms with van der Waals surface area (Å²) in [5.41, 5.74) is 9.35. The number of hydrogen-bond donors (Lipinski definition) is 2. The maximum Gasteiger partial charge on any atom is 0.0493 e. The number of nitrogens with one attached hydrogen (secondary N) is 1. The molecular weight excluding hydrogens is 264 g/mol. The van der Waals surface area contributed by atoms with Gasteiger partial charge in [-0.2, -0.15) is 0 Å². The molecule has 0 aliphatic heterocycles. The largest absolute Gasteiger partial charge is 0.398 e. The SMILES string of the molecule is CCC1(Nc2cc(C)c(N)cc2Br)CCC1. The van der Waals surface area contributed by atoms with Crippen LogP contribution in [0.5, 0.6) is 0 Å². The Morgan fingerprint density at radius 1 is 1.44 bits per heavy atom. The summed E-state index contributed by atoms with van der Waals surface area (Å²) in [5.74, 6) is 0. The predicted molar refractivity (Wildman–Crippen MR) is 73.8 cm³/mol. The first-order chi connectivity index (χ1) is 7.56. The Bertz CT molecular complexity index is 392. The van der Waals surface area contributed by atoms with Crippen molar-refractivity contribution in [1.82, 2.24) is 0 Å². The van der Waals surface area contributed by atoms with Crippen LogP contribution in [0.15, 0.2) is 16.6 Å². The van der Waals surface area contributed by atoms with Crippen molar-refractivity contribution in [3.63, 3.8) is 0 Å². The molecule has 0 aromatic heterocycles. The van der Waals surface area contributed by atoms with E-state index >= 15 is 0 Å². The molecule has 2 rings (SSSR count). The van der Waals surface area contributed by atoms with Gasteiger partial charge in [-0.15, -0.1) is 0 Å². The highest BCUT2D eigenvalue weighted by Gasteiger charge is 2.35. The van der Waals surface area contributed by atoms with Crippen LogP contribution >= 0.6 is 15.9 Å². The number of rotatable bonds is 3. The molecule has 16 heavy (non-hydrogen) atoms. The molecule has 88 valence electrons. The van der Waals surface area contributed by atoms with Crippen LogP contribution in [-0.2, 0) is 0 Å². The molecule has 1 aromatic rings. The van der Waals surface area contributed by atoms with E-state index in [9.17, 15) is 0 Å². The second-order valence-corrected chi connectivity index (χ2v) is 5.66. The maximum absolute atomic E-state index is 5.87. The third-order valence-electron chi connectivity index (χ3n) is 3.74. The lowest BCUT2D eigenvalue weighted by Crippen LogP contribution is -2.44. The molecule has 0 radical (unpaired) electrons. The monoisotopic (exact) mass is 282 g/mol. The number of hydrogen-bond acceptors (Lipinski definition) is 2. The Hall–Kier alpha value is -0.700. The predicted octanol–water partition coefficient (Wildman–Crippen LogP) is 4.08. The Morgan fingerprint density at radius 3 is 2.62 bits per heavy atom. The number of aryl methyl sites for hydroxylation is 1. The van der Waals surface area contributed by atoms with Gasteiger partial charge in [0.05, 0.1) is 0 Å². The van der Waals surface area contributed by atoms with Crippen molar-refractivity contribution in [3.8, 4) is 0 Å². The molecule has 0 amide bonds. The zero-order valence-electron chi connectivity index (χ0n) is 9.94. The van der Waals surface area contributed by atoms with Gasteiger partial charge in [0, 0.05) is 21.4 Å². The minimum Gasteiger partial charge on any atom is -0.398 e. The van der Waals surface area contributed by atoms with Crippen LogP contribution in [-0.4, -0.2) is 5.54 Å². The van der Waals surface area contributed by atoms with E-state index in [1.165, 1.54) is 31.4 Å². The first-order valence-corrected chi connectivity index (χ1v) is 6.69. The van der Waals surface area contributed by atoms with Crippen LogP contribution in [0, 0.1) is 6.92 Å². The number of halogens is 1. The van der Waals surface area contributed by atoms with Gasteiger partial charge in [-0.25, -0.2) is 0 Å². The van der Waals surface area contributed by atoms with Crippen molar-refractivity contribution in [2.75, 3.05) is 11.1 Å². The van der Waals surface area contributed by atoms with Crippen LogP contribution in [0.2, 0.25) is 0 Å². The molecule has 3 heteroatoms. The third kappa shape index (κ3) is 2.05. The molecule has 0 unspecified atom stereocenters. The van der Waals surface area contributed by atoms with Crippen LogP contribution < -0.4 is 11.1 Å². The summed E-state index contributed by atoms with van der Waals surface area (Å²) < 4.78 is 1.07. The second kappa shape index (κ2) is 4.28. The van der Waals surface area contributed by atoms with E-state index in [2.05, 4.69) is 34.2 Å². The van der Waals surface area contributed by atoms with Crippen LogP contribution in [0.4, 0.5) is 11.4 Å². The Morgan fingerprint density at radius 2 is 2.12 bits per heavy atom. The second-order valence-electron chi connectivity index (χ2n) is 4.80. The summed E-state index contributed by atoms with van der Waals surface area (Å²) in [6.07, 6.45) is 5.08. The van der Waals surface area contributed by atoms with E-state index in [0.717, 1.165) is 15.7 Å². The highest BCUT2D eigenvalue weighted by atomic mass is 79.9. The van der Waals surface area contributed by atoms with Gasteiger partial charge in [-0.3, -0.25) is 0 Å². The highest BCUT2D eigenvalue weighted by Crippen LogP contribution is 2.40. The highest BCUT2D eigenvalue weighted by molar-refractivity contribution is 9.10. The summed E-state index contributed by atoms with van der Waals surface area (Å²) in [6, 6.07) is 4.12. The molecular formula is C13H19BrN2. The fourth-order valence-electron chi connectivity index (χ4n) is 2.25. The standard InChI is InChI=1S/C13H19BrN2/c1-3-13(5-4-6-13)16-12-7-9(2)11(15)8-10(12)14/h7-8,16H,3-6,15H2,1-2H3. The lowest BCUT2D eigenvalue weighted by atomic mass is 9.74. The van der Waals surface area contributed by atoms with E-state index in [1.807, 2.05) is 13.0 Å². The van der Waals surface area contributed by atoms with Crippen molar-refractivity contribution in [2.45, 2.75) is 45.1 Å². The van der Waals surface area contributed by atoms with Gasteiger partial charge in [-0.05, 0) is 66.2 Å². The summed E-state index contributed by atoms with van der Waals surface area (Å²) in [5, 5.41) is 3.68. The molecule has 1 saturated carbocycles. The Kier molecular flexibility index (Phi) is 3.15. The number of benzene rings is 1. The lowest BCUT2D eigenvalue weighted by molar-refractivity contribution is 0.269.